The third-order valence-corrected chi connectivity index (χ3v) is 8.51. The van der Waals surface area contributed by atoms with Crippen LogP contribution in [0.25, 0.3) is 0 Å². The lowest BCUT2D eigenvalue weighted by atomic mass is 10.1. The van der Waals surface area contributed by atoms with Crippen LogP contribution in [0.1, 0.15) is 17.3 Å². The van der Waals surface area contributed by atoms with E-state index in [1.807, 2.05) is 11.8 Å². The quantitative estimate of drug-likeness (QED) is 0.414. The molecule has 0 aliphatic carbocycles. The number of amides is 1. The van der Waals surface area contributed by atoms with Gasteiger partial charge in [0.05, 0.1) is 5.69 Å². The van der Waals surface area contributed by atoms with Gasteiger partial charge in [0.2, 0.25) is 0 Å². The van der Waals surface area contributed by atoms with Crippen molar-refractivity contribution in [3.8, 4) is 0 Å². The molecule has 1 unspecified atom stereocenters. The number of rotatable bonds is 5. The van der Waals surface area contributed by atoms with E-state index in [2.05, 4.69) is 36.6 Å². The van der Waals surface area contributed by atoms with Gasteiger partial charge in [-0.1, -0.05) is 28.1 Å². The van der Waals surface area contributed by atoms with Crippen LogP contribution in [-0.2, 0) is 10.0 Å². The predicted octanol–water partition coefficient (Wildman–Crippen LogP) is 5.50. The number of sulfonamides is 1. The highest BCUT2D eigenvalue weighted by molar-refractivity contribution is 9.11. The number of nitrogens with zero attached hydrogens (tertiary/aromatic N) is 2. The first kappa shape index (κ1) is 24.7. The van der Waals surface area contributed by atoms with Crippen LogP contribution in [0.2, 0.25) is 0 Å². The molecule has 1 aliphatic heterocycles. The van der Waals surface area contributed by atoms with Gasteiger partial charge in [0.1, 0.15) is 10.7 Å². The number of anilines is 2. The van der Waals surface area contributed by atoms with Gasteiger partial charge < -0.3 is 9.80 Å². The molecule has 4 rings (SSSR count). The standard InChI is InChI=1S/C24H22Br2FN3O3S/c1-16-15-29(12-13-30(16)22-5-3-2-4-21(22)27)24(31)17-6-9-19(10-7-17)28-34(32,33)23-14-18(25)8-11-20(23)26/h2-11,14,16,28H,12-13,15H2,1H3. The number of nitrogens with one attached hydrogen (secondary N) is 1. The van der Waals surface area contributed by atoms with E-state index in [1.165, 1.54) is 12.1 Å². The zero-order valence-electron chi connectivity index (χ0n) is 18.2. The molecular formula is C24H22Br2FN3O3S. The highest BCUT2D eigenvalue weighted by Gasteiger charge is 2.28. The Morgan fingerprint density at radius 2 is 1.74 bits per heavy atom. The van der Waals surface area contributed by atoms with Crippen molar-refractivity contribution in [1.82, 2.24) is 4.90 Å². The third-order valence-electron chi connectivity index (χ3n) is 5.64. The van der Waals surface area contributed by atoms with Crippen LogP contribution in [0.4, 0.5) is 15.8 Å². The maximum absolute atomic E-state index is 14.2. The number of hydrogen-bond donors (Lipinski definition) is 1. The molecule has 3 aromatic carbocycles. The predicted molar refractivity (Wildman–Crippen MR) is 138 cm³/mol. The topological polar surface area (TPSA) is 69.7 Å². The van der Waals surface area contributed by atoms with Gasteiger partial charge in [0, 0.05) is 45.9 Å². The molecule has 0 bridgehead atoms. The first-order chi connectivity index (χ1) is 16.2. The largest absolute Gasteiger partial charge is 0.363 e. The van der Waals surface area contributed by atoms with E-state index in [-0.39, 0.29) is 22.7 Å². The van der Waals surface area contributed by atoms with Crippen molar-refractivity contribution in [3.05, 3.63) is 87.1 Å². The Labute approximate surface area is 215 Å². The molecule has 1 aliphatic rings. The van der Waals surface area contributed by atoms with Crippen LogP contribution < -0.4 is 9.62 Å². The summed E-state index contributed by atoms with van der Waals surface area (Å²) in [7, 11) is -3.82. The van der Waals surface area contributed by atoms with Gasteiger partial charge in [-0.15, -0.1) is 0 Å². The second-order valence-electron chi connectivity index (χ2n) is 8.00. The molecular weight excluding hydrogens is 589 g/mol. The molecule has 1 amide bonds. The lowest BCUT2D eigenvalue weighted by Crippen LogP contribution is -2.54. The summed E-state index contributed by atoms with van der Waals surface area (Å²) in [6.07, 6.45) is 0. The maximum atomic E-state index is 14.2. The summed E-state index contributed by atoms with van der Waals surface area (Å²) < 4.78 is 43.4. The average Bonchev–Trinajstić information content (AvgIpc) is 2.81. The molecule has 178 valence electrons. The Bertz CT molecular complexity index is 1320. The number of carbonyl (C=O) groups excluding carboxylic acids is 1. The lowest BCUT2D eigenvalue weighted by molar-refractivity contribution is 0.0726. The van der Waals surface area contributed by atoms with E-state index in [9.17, 15) is 17.6 Å². The van der Waals surface area contributed by atoms with E-state index in [4.69, 9.17) is 0 Å². The van der Waals surface area contributed by atoms with Crippen LogP contribution in [0.5, 0.6) is 0 Å². The average molecular weight is 611 g/mol. The Balaban J connectivity index is 1.44. The molecule has 1 atom stereocenters. The molecule has 10 heteroatoms. The normalized spacial score (nSPS) is 16.4. The second-order valence-corrected chi connectivity index (χ2v) is 11.4. The van der Waals surface area contributed by atoms with Crippen molar-refractivity contribution < 1.29 is 17.6 Å². The van der Waals surface area contributed by atoms with Crippen molar-refractivity contribution in [1.29, 1.82) is 0 Å². The van der Waals surface area contributed by atoms with Crippen molar-refractivity contribution in [3.63, 3.8) is 0 Å². The molecule has 1 saturated heterocycles. The van der Waals surface area contributed by atoms with Crippen molar-refractivity contribution in [2.75, 3.05) is 29.3 Å². The molecule has 34 heavy (non-hydrogen) atoms. The monoisotopic (exact) mass is 609 g/mol. The fourth-order valence-electron chi connectivity index (χ4n) is 3.94. The number of piperazine rings is 1. The van der Waals surface area contributed by atoms with Gasteiger partial charge in [-0.05, 0) is 77.5 Å². The summed E-state index contributed by atoms with van der Waals surface area (Å²) in [5.41, 5.74) is 1.34. The second kappa shape index (κ2) is 10.1. The summed E-state index contributed by atoms with van der Waals surface area (Å²) in [5, 5.41) is 0. The van der Waals surface area contributed by atoms with Crippen LogP contribution >= 0.6 is 31.9 Å². The Morgan fingerprint density at radius 3 is 2.41 bits per heavy atom. The molecule has 1 N–H and O–H groups in total. The minimum atomic E-state index is -3.82. The highest BCUT2D eigenvalue weighted by Crippen LogP contribution is 2.28. The Hall–Kier alpha value is -2.43. The van der Waals surface area contributed by atoms with E-state index in [1.54, 1.807) is 59.5 Å². The smallest absolute Gasteiger partial charge is 0.263 e. The van der Waals surface area contributed by atoms with Gasteiger partial charge in [0.25, 0.3) is 15.9 Å². The zero-order chi connectivity index (χ0) is 24.5. The number of hydrogen-bond acceptors (Lipinski definition) is 4. The minimum absolute atomic E-state index is 0.0515. The Morgan fingerprint density at radius 1 is 1.03 bits per heavy atom. The fourth-order valence-corrected chi connectivity index (χ4v) is 6.50. The molecule has 0 spiro atoms. The molecule has 0 radical (unpaired) electrons. The number of para-hydroxylation sites is 1. The third kappa shape index (κ3) is 5.29. The van der Waals surface area contributed by atoms with Gasteiger partial charge in [-0.25, -0.2) is 12.8 Å². The van der Waals surface area contributed by atoms with Crippen molar-refractivity contribution in [2.24, 2.45) is 0 Å². The van der Waals surface area contributed by atoms with Crippen LogP contribution in [0.15, 0.2) is 80.6 Å². The molecule has 1 heterocycles. The van der Waals surface area contributed by atoms with Gasteiger partial charge in [-0.3, -0.25) is 9.52 Å². The van der Waals surface area contributed by atoms with Crippen molar-refractivity contribution in [2.45, 2.75) is 17.9 Å². The minimum Gasteiger partial charge on any atom is -0.363 e. The zero-order valence-corrected chi connectivity index (χ0v) is 22.2. The first-order valence-electron chi connectivity index (χ1n) is 10.5. The summed E-state index contributed by atoms with van der Waals surface area (Å²) in [5.74, 6) is -0.425. The van der Waals surface area contributed by atoms with E-state index < -0.39 is 10.0 Å². The fraction of sp³-hybridized carbons (Fsp3) is 0.208. The van der Waals surface area contributed by atoms with E-state index in [0.29, 0.717) is 45.5 Å². The molecule has 1 fully saturated rings. The molecule has 0 aromatic heterocycles. The summed E-state index contributed by atoms with van der Waals surface area (Å²) in [6, 6.07) is 17.8. The van der Waals surface area contributed by atoms with E-state index >= 15 is 0 Å². The summed E-state index contributed by atoms with van der Waals surface area (Å²) in [6.45, 7) is 3.40. The lowest BCUT2D eigenvalue weighted by Gasteiger charge is -2.41. The number of carbonyl (C=O) groups is 1. The number of benzene rings is 3. The number of halogens is 3. The van der Waals surface area contributed by atoms with E-state index in [0.717, 1.165) is 0 Å². The van der Waals surface area contributed by atoms with Gasteiger partial charge in [0.15, 0.2) is 0 Å². The molecule has 3 aromatic rings. The first-order valence-corrected chi connectivity index (χ1v) is 13.6. The highest BCUT2D eigenvalue weighted by atomic mass is 79.9. The van der Waals surface area contributed by atoms with Gasteiger partial charge >= 0.3 is 0 Å². The maximum Gasteiger partial charge on any atom is 0.263 e. The molecule has 0 saturated carbocycles. The summed E-state index contributed by atoms with van der Waals surface area (Å²) >= 11 is 6.55. The van der Waals surface area contributed by atoms with Crippen molar-refractivity contribution >= 4 is 59.2 Å². The van der Waals surface area contributed by atoms with Crippen LogP contribution in [-0.4, -0.2) is 44.9 Å². The Kier molecular flexibility index (Phi) is 7.30. The van der Waals surface area contributed by atoms with Gasteiger partial charge in [-0.2, -0.15) is 0 Å². The SMILES string of the molecule is CC1CN(C(=O)c2ccc(NS(=O)(=O)c3cc(Br)ccc3Br)cc2)CCN1c1ccccc1F. The van der Waals surface area contributed by atoms with Crippen LogP contribution in [0, 0.1) is 5.82 Å². The van der Waals surface area contributed by atoms with Crippen LogP contribution in [0.3, 0.4) is 0 Å². The molecule has 6 nitrogen and oxygen atoms in total. The summed E-state index contributed by atoms with van der Waals surface area (Å²) in [4.78, 5) is 16.8.